The van der Waals surface area contributed by atoms with Gasteiger partial charge in [0.15, 0.2) is 5.44 Å². The van der Waals surface area contributed by atoms with Crippen molar-refractivity contribution in [1.82, 2.24) is 0 Å². The van der Waals surface area contributed by atoms with Gasteiger partial charge in [-0.25, -0.2) is 0 Å². The average molecular weight is 241 g/mol. The molecule has 0 aromatic carbocycles. The molecule has 2 N–H and O–H groups in total. The molecule has 56 valence electrons. The van der Waals surface area contributed by atoms with Crippen molar-refractivity contribution in [2.24, 2.45) is 0 Å². The van der Waals surface area contributed by atoms with Crippen LogP contribution in [-0.2, 0) is 0 Å². The minimum atomic E-state index is -0.825. The molecule has 0 saturated carbocycles. The van der Waals surface area contributed by atoms with Crippen molar-refractivity contribution in [2.75, 3.05) is 0 Å². The highest BCUT2D eigenvalue weighted by Gasteiger charge is 2.11. The molecule has 1 heterocycles. The largest absolute Gasteiger partial charge is 0.375 e. The molecule has 0 aliphatic heterocycles. The van der Waals surface area contributed by atoms with Gasteiger partial charge in [-0.05, 0) is 27.4 Å². The number of halogens is 1. The summed E-state index contributed by atoms with van der Waals surface area (Å²) < 4.78 is 9.32. The molecule has 10 heavy (non-hydrogen) atoms. The van der Waals surface area contributed by atoms with Gasteiger partial charge >= 0.3 is 0 Å². The van der Waals surface area contributed by atoms with Gasteiger partial charge in [0.1, 0.15) is 0 Å². The summed E-state index contributed by atoms with van der Waals surface area (Å²) in [4.78, 5) is 0.743. The van der Waals surface area contributed by atoms with Gasteiger partial charge in [-0.1, -0.05) is 0 Å². The van der Waals surface area contributed by atoms with Crippen molar-refractivity contribution in [3.05, 3.63) is 20.8 Å². The van der Waals surface area contributed by atoms with Gasteiger partial charge in [0.25, 0.3) is 0 Å². The lowest BCUT2D eigenvalue weighted by Crippen LogP contribution is -1.86. The molecule has 1 aromatic heterocycles. The quantitative estimate of drug-likeness (QED) is 0.617. The summed E-state index contributed by atoms with van der Waals surface area (Å²) in [6, 6.07) is 1.83. The van der Waals surface area contributed by atoms with Crippen LogP contribution in [0, 0.1) is 0 Å². The van der Waals surface area contributed by atoms with E-state index in [0.29, 0.717) is 12.0 Å². The lowest BCUT2D eigenvalue weighted by molar-refractivity contribution is 0.265. The molecule has 0 fully saturated rings. The van der Waals surface area contributed by atoms with Crippen molar-refractivity contribution < 1.29 is 9.66 Å². The Balaban J connectivity index is 2.82. The molecule has 1 rings (SSSR count). The Morgan fingerprint density at radius 3 is 2.80 bits per heavy atom. The number of hydrogen-bond acceptors (Lipinski definition) is 4. The minimum absolute atomic E-state index is 0.433. The standard InChI is InChI=1S/C5H5BrO2S2/c6-3-1-2-9-4(3)5(7)10-8/h1-2,5,7-8H. The Morgan fingerprint density at radius 1 is 1.70 bits per heavy atom. The molecule has 2 nitrogen and oxygen atoms in total. The summed E-state index contributed by atoms with van der Waals surface area (Å²) in [5.74, 6) is 0. The topological polar surface area (TPSA) is 40.5 Å². The molecule has 0 amide bonds. The first-order valence-corrected chi connectivity index (χ1v) is 4.98. The molecule has 0 bridgehead atoms. The summed E-state index contributed by atoms with van der Waals surface area (Å²) in [6.45, 7) is 0. The minimum Gasteiger partial charge on any atom is -0.375 e. The number of thiophene rings is 1. The molecule has 0 spiro atoms. The second-order valence-corrected chi connectivity index (χ2v) is 4.05. The third-order valence-electron chi connectivity index (χ3n) is 0.969. The van der Waals surface area contributed by atoms with Crippen LogP contribution in [0.4, 0.5) is 0 Å². The van der Waals surface area contributed by atoms with Gasteiger partial charge < -0.3 is 9.66 Å². The maximum Gasteiger partial charge on any atom is 0.160 e. The van der Waals surface area contributed by atoms with Crippen LogP contribution in [-0.4, -0.2) is 9.66 Å². The molecule has 5 heteroatoms. The van der Waals surface area contributed by atoms with E-state index in [1.807, 2.05) is 11.4 Å². The highest BCUT2D eigenvalue weighted by Crippen LogP contribution is 2.33. The van der Waals surface area contributed by atoms with Gasteiger partial charge in [-0.15, -0.1) is 11.3 Å². The van der Waals surface area contributed by atoms with Gasteiger partial charge in [-0.2, -0.15) is 0 Å². The first-order valence-electron chi connectivity index (χ1n) is 2.47. The van der Waals surface area contributed by atoms with Crippen LogP contribution in [0.3, 0.4) is 0 Å². The van der Waals surface area contributed by atoms with Crippen molar-refractivity contribution >= 4 is 39.3 Å². The molecule has 0 saturated heterocycles. The molecule has 0 aliphatic rings. The van der Waals surface area contributed by atoms with Crippen LogP contribution in [0.1, 0.15) is 10.3 Å². The second-order valence-electron chi connectivity index (χ2n) is 1.59. The van der Waals surface area contributed by atoms with Crippen molar-refractivity contribution in [2.45, 2.75) is 5.44 Å². The fourth-order valence-corrected chi connectivity index (χ4v) is 2.65. The first kappa shape index (κ1) is 8.55. The van der Waals surface area contributed by atoms with Gasteiger partial charge in [0.05, 0.1) is 4.88 Å². The summed E-state index contributed by atoms with van der Waals surface area (Å²) >= 11 is 5.07. The van der Waals surface area contributed by atoms with Crippen molar-refractivity contribution in [3.63, 3.8) is 0 Å². The van der Waals surface area contributed by atoms with E-state index in [0.717, 1.165) is 9.35 Å². The van der Waals surface area contributed by atoms with Crippen LogP contribution >= 0.6 is 39.3 Å². The fourth-order valence-electron chi connectivity index (χ4n) is 0.530. The fraction of sp³-hybridized carbons (Fsp3) is 0.200. The molecule has 0 radical (unpaired) electrons. The summed E-state index contributed by atoms with van der Waals surface area (Å²) in [7, 11) is 0. The normalized spacial score (nSPS) is 13.5. The van der Waals surface area contributed by atoms with E-state index in [4.69, 9.17) is 9.66 Å². The lowest BCUT2D eigenvalue weighted by Gasteiger charge is -2.01. The molecule has 0 aliphatic carbocycles. The van der Waals surface area contributed by atoms with E-state index < -0.39 is 5.44 Å². The van der Waals surface area contributed by atoms with E-state index in [2.05, 4.69) is 15.9 Å². The van der Waals surface area contributed by atoms with E-state index in [1.54, 1.807) is 0 Å². The Labute approximate surface area is 75.2 Å². The van der Waals surface area contributed by atoms with Crippen LogP contribution in [0.5, 0.6) is 0 Å². The molecular formula is C5H5BrO2S2. The zero-order valence-corrected chi connectivity index (χ0v) is 8.04. The van der Waals surface area contributed by atoms with E-state index in [9.17, 15) is 0 Å². The third kappa shape index (κ3) is 1.73. The number of aliphatic hydroxyl groups excluding tert-OH is 1. The SMILES string of the molecule is OSC(O)c1sccc1Br. The van der Waals surface area contributed by atoms with Crippen molar-refractivity contribution in [3.8, 4) is 0 Å². The predicted molar refractivity (Wildman–Crippen MR) is 47.2 cm³/mol. The summed E-state index contributed by atoms with van der Waals surface area (Å²) in [5.41, 5.74) is -0.825. The van der Waals surface area contributed by atoms with E-state index in [-0.39, 0.29) is 0 Å². The monoisotopic (exact) mass is 240 g/mol. The Kier molecular flexibility index (Phi) is 3.19. The van der Waals surface area contributed by atoms with Crippen LogP contribution < -0.4 is 0 Å². The molecule has 1 unspecified atom stereocenters. The van der Waals surface area contributed by atoms with E-state index in [1.165, 1.54) is 11.3 Å². The Morgan fingerprint density at radius 2 is 2.40 bits per heavy atom. The lowest BCUT2D eigenvalue weighted by atomic mass is 10.5. The van der Waals surface area contributed by atoms with Gasteiger partial charge in [0, 0.05) is 16.5 Å². The smallest absolute Gasteiger partial charge is 0.160 e. The Hall–Kier alpha value is 0.450. The summed E-state index contributed by atoms with van der Waals surface area (Å²) in [5, 5.41) is 10.9. The third-order valence-corrected chi connectivity index (χ3v) is 3.48. The highest BCUT2D eigenvalue weighted by molar-refractivity contribution is 9.10. The van der Waals surface area contributed by atoms with Gasteiger partial charge in [-0.3, -0.25) is 0 Å². The van der Waals surface area contributed by atoms with Crippen LogP contribution in [0.15, 0.2) is 15.9 Å². The number of hydrogen-bond donors (Lipinski definition) is 2. The molecule has 1 aromatic rings. The van der Waals surface area contributed by atoms with Crippen LogP contribution in [0.2, 0.25) is 0 Å². The Bertz CT molecular complexity index is 213. The van der Waals surface area contributed by atoms with Crippen LogP contribution in [0.25, 0.3) is 0 Å². The number of rotatable bonds is 2. The zero-order chi connectivity index (χ0) is 7.56. The maximum absolute atomic E-state index is 9.09. The average Bonchev–Trinajstić information content (AvgIpc) is 2.34. The maximum atomic E-state index is 9.09. The predicted octanol–water partition coefficient (Wildman–Crippen LogP) is 2.71. The first-order chi connectivity index (χ1) is 4.75. The number of aliphatic hydroxyl groups is 1. The highest BCUT2D eigenvalue weighted by atomic mass is 79.9. The van der Waals surface area contributed by atoms with E-state index >= 15 is 0 Å². The molecular weight excluding hydrogens is 236 g/mol. The second kappa shape index (κ2) is 3.73. The zero-order valence-electron chi connectivity index (χ0n) is 4.82. The van der Waals surface area contributed by atoms with Crippen molar-refractivity contribution in [1.29, 1.82) is 0 Å². The molecule has 1 atom stereocenters. The summed E-state index contributed by atoms with van der Waals surface area (Å²) in [6.07, 6.45) is 0. The van der Waals surface area contributed by atoms with Gasteiger partial charge in [0.2, 0.25) is 0 Å².